The van der Waals surface area contributed by atoms with Gasteiger partial charge in [0.15, 0.2) is 0 Å². The van der Waals surface area contributed by atoms with Crippen LogP contribution in [-0.4, -0.2) is 11.8 Å². The van der Waals surface area contributed by atoms with Crippen molar-refractivity contribution < 1.29 is 0 Å². The van der Waals surface area contributed by atoms with Gasteiger partial charge in [-0.25, -0.2) is 0 Å². The Kier molecular flexibility index (Phi) is 7.86. The maximum atomic E-state index is 5.24. The molecule has 1 aromatic carbocycles. The molecule has 1 fully saturated rings. The van der Waals surface area contributed by atoms with E-state index >= 15 is 0 Å². The molecule has 0 amide bonds. The topological polar surface area (TPSA) is 12.4 Å². The number of dihydropyridines is 1. The molecule has 1 aliphatic heterocycles. The summed E-state index contributed by atoms with van der Waals surface area (Å²) in [6, 6.07) is 9.86. The van der Waals surface area contributed by atoms with Gasteiger partial charge in [-0.15, -0.1) is 0 Å². The third-order valence-electron chi connectivity index (χ3n) is 8.28. The van der Waals surface area contributed by atoms with E-state index in [9.17, 15) is 0 Å². The van der Waals surface area contributed by atoms with E-state index in [1.807, 2.05) is 0 Å². The van der Waals surface area contributed by atoms with E-state index in [4.69, 9.17) is 4.99 Å². The van der Waals surface area contributed by atoms with E-state index in [0.29, 0.717) is 6.04 Å². The molecule has 168 valence electrons. The van der Waals surface area contributed by atoms with Gasteiger partial charge >= 0.3 is 0 Å². The highest BCUT2D eigenvalue weighted by molar-refractivity contribution is 6.09. The van der Waals surface area contributed by atoms with Crippen molar-refractivity contribution in [2.75, 3.05) is 0 Å². The molecule has 0 saturated heterocycles. The SMILES string of the molecule is CCCCCC1CCC(c2ccc(C3=NC4C(=CCCC4CCC)C=C3)cc2)CC1C. The Bertz CT molecular complexity index is 796. The van der Waals surface area contributed by atoms with Crippen molar-refractivity contribution in [3.63, 3.8) is 0 Å². The second kappa shape index (κ2) is 10.8. The van der Waals surface area contributed by atoms with Gasteiger partial charge < -0.3 is 0 Å². The lowest BCUT2D eigenvalue weighted by molar-refractivity contribution is 0.215. The molecular formula is C30H43N. The van der Waals surface area contributed by atoms with Gasteiger partial charge in [0.2, 0.25) is 0 Å². The van der Waals surface area contributed by atoms with Gasteiger partial charge in [-0.05, 0) is 85.0 Å². The van der Waals surface area contributed by atoms with Gasteiger partial charge in [0.05, 0.1) is 11.8 Å². The largest absolute Gasteiger partial charge is 0.276 e. The second-order valence-corrected chi connectivity index (χ2v) is 10.5. The first-order chi connectivity index (χ1) is 15.2. The van der Waals surface area contributed by atoms with Gasteiger partial charge in [-0.1, -0.05) is 89.3 Å². The molecule has 0 aromatic heterocycles. The van der Waals surface area contributed by atoms with Crippen LogP contribution in [0.1, 0.15) is 108 Å². The first-order valence-electron chi connectivity index (χ1n) is 13.3. The monoisotopic (exact) mass is 417 g/mol. The minimum Gasteiger partial charge on any atom is -0.276 e. The molecule has 0 radical (unpaired) electrons. The minimum atomic E-state index is 0.386. The van der Waals surface area contributed by atoms with E-state index in [1.165, 1.54) is 87.5 Å². The third kappa shape index (κ3) is 5.41. The van der Waals surface area contributed by atoms with Crippen LogP contribution in [0, 0.1) is 17.8 Å². The molecule has 0 spiro atoms. The van der Waals surface area contributed by atoms with Crippen molar-refractivity contribution in [3.05, 3.63) is 59.2 Å². The molecule has 1 aromatic rings. The maximum absolute atomic E-state index is 5.24. The summed E-state index contributed by atoms with van der Waals surface area (Å²) in [6.45, 7) is 7.12. The van der Waals surface area contributed by atoms with Gasteiger partial charge in [0.1, 0.15) is 0 Å². The number of rotatable bonds is 8. The molecule has 31 heavy (non-hydrogen) atoms. The van der Waals surface area contributed by atoms with E-state index in [-0.39, 0.29) is 0 Å². The lowest BCUT2D eigenvalue weighted by Crippen LogP contribution is -2.27. The summed E-state index contributed by atoms with van der Waals surface area (Å²) in [5.74, 6) is 3.29. The standard InChI is InChI=1S/C30H43N/c1-4-6-7-10-23-13-18-28(21-22(23)3)24-14-16-25(17-15-24)29-20-19-27-12-8-11-26(9-5-2)30(27)31-29/h12,14-17,19-20,22-23,26,28,30H,4-11,13,18,21H2,1-3H3. The van der Waals surface area contributed by atoms with Crippen LogP contribution in [0.2, 0.25) is 0 Å². The van der Waals surface area contributed by atoms with E-state index in [1.54, 1.807) is 5.56 Å². The number of hydrogen-bond donors (Lipinski definition) is 0. The zero-order valence-electron chi connectivity index (χ0n) is 20.2. The number of allylic oxidation sites excluding steroid dienone is 2. The Morgan fingerprint density at radius 1 is 0.871 bits per heavy atom. The van der Waals surface area contributed by atoms with E-state index in [2.05, 4.69) is 63.3 Å². The average Bonchev–Trinajstić information content (AvgIpc) is 2.80. The van der Waals surface area contributed by atoms with Crippen molar-refractivity contribution >= 4 is 5.71 Å². The Morgan fingerprint density at radius 3 is 2.45 bits per heavy atom. The fraction of sp³-hybridized carbons (Fsp3) is 0.633. The fourth-order valence-electron chi connectivity index (χ4n) is 6.35. The summed E-state index contributed by atoms with van der Waals surface area (Å²) in [6.07, 6.45) is 21.9. The highest BCUT2D eigenvalue weighted by atomic mass is 14.8. The zero-order chi connectivity index (χ0) is 21.6. The van der Waals surface area contributed by atoms with Crippen LogP contribution in [0.25, 0.3) is 0 Å². The summed E-state index contributed by atoms with van der Waals surface area (Å²) < 4.78 is 0. The normalized spacial score (nSPS) is 30.5. The number of fused-ring (bicyclic) bond motifs is 1. The number of unbranched alkanes of at least 4 members (excludes halogenated alkanes) is 2. The lowest BCUT2D eigenvalue weighted by atomic mass is 9.71. The lowest BCUT2D eigenvalue weighted by Gasteiger charge is -2.34. The van der Waals surface area contributed by atoms with Crippen molar-refractivity contribution in [2.45, 2.75) is 103 Å². The first-order valence-corrected chi connectivity index (χ1v) is 13.3. The quantitative estimate of drug-likeness (QED) is 0.375. The van der Waals surface area contributed by atoms with Gasteiger partial charge in [0, 0.05) is 0 Å². The summed E-state index contributed by atoms with van der Waals surface area (Å²) in [5.41, 5.74) is 5.48. The predicted octanol–water partition coefficient (Wildman–Crippen LogP) is 8.65. The summed E-state index contributed by atoms with van der Waals surface area (Å²) >= 11 is 0. The molecule has 4 rings (SSSR count). The number of aliphatic imine (C=N–C) groups is 1. The molecule has 5 atom stereocenters. The number of benzene rings is 1. The minimum absolute atomic E-state index is 0.386. The van der Waals surface area contributed by atoms with Gasteiger partial charge in [-0.3, -0.25) is 4.99 Å². The Hall–Kier alpha value is -1.63. The molecule has 2 aliphatic carbocycles. The van der Waals surface area contributed by atoms with Crippen LogP contribution in [0.4, 0.5) is 0 Å². The molecule has 0 N–H and O–H groups in total. The van der Waals surface area contributed by atoms with Crippen LogP contribution >= 0.6 is 0 Å². The van der Waals surface area contributed by atoms with Crippen molar-refractivity contribution in [1.29, 1.82) is 0 Å². The fourth-order valence-corrected chi connectivity index (χ4v) is 6.35. The Morgan fingerprint density at radius 2 is 1.71 bits per heavy atom. The van der Waals surface area contributed by atoms with Crippen LogP contribution in [0.15, 0.2) is 53.1 Å². The molecule has 3 aliphatic rings. The summed E-state index contributed by atoms with van der Waals surface area (Å²) in [4.78, 5) is 5.24. The summed E-state index contributed by atoms with van der Waals surface area (Å²) in [5, 5.41) is 0. The number of hydrogen-bond acceptors (Lipinski definition) is 1. The zero-order valence-corrected chi connectivity index (χ0v) is 20.2. The summed E-state index contributed by atoms with van der Waals surface area (Å²) in [7, 11) is 0. The predicted molar refractivity (Wildman–Crippen MR) is 135 cm³/mol. The van der Waals surface area contributed by atoms with Crippen LogP contribution in [0.3, 0.4) is 0 Å². The van der Waals surface area contributed by atoms with Crippen LogP contribution < -0.4 is 0 Å². The highest BCUT2D eigenvalue weighted by Crippen LogP contribution is 2.41. The van der Waals surface area contributed by atoms with E-state index < -0.39 is 0 Å². The van der Waals surface area contributed by atoms with Crippen molar-refractivity contribution in [3.8, 4) is 0 Å². The molecule has 1 nitrogen and oxygen atoms in total. The molecular weight excluding hydrogens is 374 g/mol. The van der Waals surface area contributed by atoms with Crippen molar-refractivity contribution in [2.24, 2.45) is 22.7 Å². The van der Waals surface area contributed by atoms with Crippen molar-refractivity contribution in [1.82, 2.24) is 0 Å². The third-order valence-corrected chi connectivity index (χ3v) is 8.28. The first kappa shape index (κ1) is 22.6. The molecule has 1 heteroatoms. The Balaban J connectivity index is 1.40. The molecule has 1 heterocycles. The van der Waals surface area contributed by atoms with Crippen LogP contribution in [0.5, 0.6) is 0 Å². The Labute approximate surface area is 191 Å². The average molecular weight is 418 g/mol. The number of nitrogens with zero attached hydrogens (tertiary/aromatic N) is 1. The van der Waals surface area contributed by atoms with Gasteiger partial charge in [-0.2, -0.15) is 0 Å². The highest BCUT2D eigenvalue weighted by Gasteiger charge is 2.29. The smallest absolute Gasteiger partial charge is 0.0781 e. The molecule has 1 saturated carbocycles. The van der Waals surface area contributed by atoms with Gasteiger partial charge in [0.25, 0.3) is 0 Å². The van der Waals surface area contributed by atoms with Crippen LogP contribution in [-0.2, 0) is 0 Å². The molecule has 0 bridgehead atoms. The molecule has 5 unspecified atom stereocenters. The second-order valence-electron chi connectivity index (χ2n) is 10.5. The van der Waals surface area contributed by atoms with E-state index in [0.717, 1.165) is 23.7 Å². The maximum Gasteiger partial charge on any atom is 0.0781 e.